The van der Waals surface area contributed by atoms with Crippen molar-refractivity contribution in [2.75, 3.05) is 0 Å². The highest BCUT2D eigenvalue weighted by molar-refractivity contribution is 7.10. The van der Waals surface area contributed by atoms with Crippen molar-refractivity contribution in [3.8, 4) is 0 Å². The van der Waals surface area contributed by atoms with Crippen molar-refractivity contribution in [2.24, 2.45) is 0 Å². The molecule has 2 aromatic rings. The minimum Gasteiger partial charge on any atom is -0.480 e. The van der Waals surface area contributed by atoms with E-state index < -0.39 is 23.8 Å². The maximum atomic E-state index is 12.3. The molecule has 0 saturated heterocycles. The molecule has 0 spiro atoms. The monoisotopic (exact) mass is 344 g/mol. The first-order valence-electron chi connectivity index (χ1n) is 7.12. The smallest absolute Gasteiger partial charge is 0.325 e. The van der Waals surface area contributed by atoms with E-state index in [1.807, 2.05) is 11.4 Å². The molecule has 1 aromatic heterocycles. The van der Waals surface area contributed by atoms with Crippen LogP contribution in [0.2, 0.25) is 0 Å². The summed E-state index contributed by atoms with van der Waals surface area (Å²) in [7, 11) is 0. The summed E-state index contributed by atoms with van der Waals surface area (Å²) in [6, 6.07) is 11.0. The number of hydrogen-bond acceptors (Lipinski definition) is 4. The van der Waals surface area contributed by atoms with Crippen molar-refractivity contribution >= 4 is 35.2 Å². The summed E-state index contributed by atoms with van der Waals surface area (Å²) in [6.45, 7) is 1.35. The molecule has 0 radical (unpaired) electrons. The number of thiophene rings is 1. The number of carboxylic acid groups (broad SMARTS) is 1. The van der Waals surface area contributed by atoms with Gasteiger partial charge in [-0.2, -0.15) is 0 Å². The quantitative estimate of drug-likeness (QED) is 0.699. The number of rotatable bonds is 6. The molecule has 0 bridgehead atoms. The molecular formula is C17H16N2O4S. The van der Waals surface area contributed by atoms with E-state index in [1.54, 1.807) is 36.4 Å². The van der Waals surface area contributed by atoms with Gasteiger partial charge in [-0.1, -0.05) is 24.3 Å². The molecule has 0 aliphatic carbocycles. The second-order valence-corrected chi connectivity index (χ2v) is 5.91. The molecule has 6 nitrogen and oxygen atoms in total. The Balaban J connectivity index is 2.22. The first-order valence-corrected chi connectivity index (χ1v) is 8.00. The Morgan fingerprint density at radius 1 is 1.12 bits per heavy atom. The van der Waals surface area contributed by atoms with Crippen molar-refractivity contribution < 1.29 is 19.5 Å². The van der Waals surface area contributed by atoms with E-state index in [-0.39, 0.29) is 5.70 Å². The van der Waals surface area contributed by atoms with Gasteiger partial charge in [0.25, 0.3) is 11.8 Å². The highest BCUT2D eigenvalue weighted by Crippen LogP contribution is 2.13. The Kier molecular flexibility index (Phi) is 5.86. The van der Waals surface area contributed by atoms with Gasteiger partial charge in [-0.25, -0.2) is 0 Å². The standard InChI is InChI=1S/C17H16N2O4S/c1-11(17(22)23)18-16(21)14(10-13-8-5-9-24-13)19-15(20)12-6-3-2-4-7-12/h2-11H,1H3,(H,18,21)(H,19,20)(H,22,23)/b14-10+/t11-/m1/s1. The maximum Gasteiger partial charge on any atom is 0.325 e. The fraction of sp³-hybridized carbons (Fsp3) is 0.118. The second kappa shape index (κ2) is 8.07. The number of benzene rings is 1. The molecule has 1 aromatic carbocycles. The largest absolute Gasteiger partial charge is 0.480 e. The van der Waals surface area contributed by atoms with Gasteiger partial charge in [0.2, 0.25) is 0 Å². The van der Waals surface area contributed by atoms with Crippen molar-refractivity contribution in [2.45, 2.75) is 13.0 Å². The predicted octanol–water partition coefficient (Wildman–Crippen LogP) is 2.11. The average Bonchev–Trinajstić information content (AvgIpc) is 3.07. The van der Waals surface area contributed by atoms with Crippen LogP contribution in [0.1, 0.15) is 22.2 Å². The lowest BCUT2D eigenvalue weighted by atomic mass is 10.2. The highest BCUT2D eigenvalue weighted by Gasteiger charge is 2.19. The van der Waals surface area contributed by atoms with Gasteiger partial charge in [-0.15, -0.1) is 11.3 Å². The van der Waals surface area contributed by atoms with Crippen LogP contribution in [0.3, 0.4) is 0 Å². The number of aliphatic carboxylic acids is 1. The van der Waals surface area contributed by atoms with E-state index in [0.717, 1.165) is 4.88 Å². The minimum absolute atomic E-state index is 0.0144. The molecule has 124 valence electrons. The summed E-state index contributed by atoms with van der Waals surface area (Å²) < 4.78 is 0. The maximum absolute atomic E-state index is 12.3. The number of amides is 2. The van der Waals surface area contributed by atoms with Crippen LogP contribution in [0.15, 0.2) is 53.5 Å². The molecule has 0 saturated carbocycles. The van der Waals surface area contributed by atoms with Crippen molar-refractivity contribution in [1.29, 1.82) is 0 Å². The zero-order chi connectivity index (χ0) is 17.5. The van der Waals surface area contributed by atoms with Crippen LogP contribution < -0.4 is 10.6 Å². The molecule has 1 atom stereocenters. The molecule has 0 unspecified atom stereocenters. The van der Waals surface area contributed by atoms with Crippen molar-refractivity contribution in [3.05, 3.63) is 64.0 Å². The Bertz CT molecular complexity index is 754. The van der Waals surface area contributed by atoms with Crippen LogP contribution in [0.5, 0.6) is 0 Å². The molecule has 24 heavy (non-hydrogen) atoms. The molecule has 7 heteroatoms. The molecule has 1 heterocycles. The molecule has 2 amide bonds. The zero-order valence-electron chi connectivity index (χ0n) is 12.9. The third kappa shape index (κ3) is 4.79. The summed E-state index contributed by atoms with van der Waals surface area (Å²) in [5, 5.41) is 15.6. The summed E-state index contributed by atoms with van der Waals surface area (Å²) in [4.78, 5) is 36.2. The molecule has 0 aliphatic heterocycles. The van der Waals surface area contributed by atoms with Gasteiger partial charge in [0, 0.05) is 10.4 Å². The van der Waals surface area contributed by atoms with E-state index in [9.17, 15) is 14.4 Å². The van der Waals surface area contributed by atoms with E-state index >= 15 is 0 Å². The van der Waals surface area contributed by atoms with Gasteiger partial charge in [0.1, 0.15) is 11.7 Å². The molecular weight excluding hydrogens is 328 g/mol. The van der Waals surface area contributed by atoms with Crippen LogP contribution in [0, 0.1) is 0 Å². The number of carbonyl (C=O) groups excluding carboxylic acids is 2. The van der Waals surface area contributed by atoms with Gasteiger partial charge in [-0.05, 0) is 36.6 Å². The van der Waals surface area contributed by atoms with Crippen molar-refractivity contribution in [3.63, 3.8) is 0 Å². The van der Waals surface area contributed by atoms with Crippen LogP contribution in [0.4, 0.5) is 0 Å². The normalized spacial score (nSPS) is 12.3. The first kappa shape index (κ1) is 17.4. The fourth-order valence-electron chi connectivity index (χ4n) is 1.79. The van der Waals surface area contributed by atoms with Gasteiger partial charge in [0.15, 0.2) is 0 Å². The third-order valence-electron chi connectivity index (χ3n) is 3.08. The molecule has 0 fully saturated rings. The Morgan fingerprint density at radius 2 is 1.83 bits per heavy atom. The average molecular weight is 344 g/mol. The van der Waals surface area contributed by atoms with Gasteiger partial charge < -0.3 is 15.7 Å². The van der Waals surface area contributed by atoms with Gasteiger partial charge in [-0.3, -0.25) is 14.4 Å². The Morgan fingerprint density at radius 3 is 2.42 bits per heavy atom. The lowest BCUT2D eigenvalue weighted by Gasteiger charge is -2.13. The summed E-state index contributed by atoms with van der Waals surface area (Å²) in [6.07, 6.45) is 1.51. The van der Waals surface area contributed by atoms with Gasteiger partial charge in [0.05, 0.1) is 0 Å². The van der Waals surface area contributed by atoms with E-state index in [0.29, 0.717) is 5.56 Å². The third-order valence-corrected chi connectivity index (χ3v) is 3.90. The van der Waals surface area contributed by atoms with Crippen LogP contribution >= 0.6 is 11.3 Å². The van der Waals surface area contributed by atoms with E-state index in [1.165, 1.54) is 24.3 Å². The second-order valence-electron chi connectivity index (χ2n) is 4.93. The Labute approximate surface area is 142 Å². The van der Waals surface area contributed by atoms with E-state index in [2.05, 4.69) is 10.6 Å². The SMILES string of the molecule is C[C@@H](NC(=O)/C(=C\c1cccs1)NC(=O)c1ccccc1)C(=O)O. The lowest BCUT2D eigenvalue weighted by Crippen LogP contribution is -2.42. The Hall–Kier alpha value is -2.93. The topological polar surface area (TPSA) is 95.5 Å². The summed E-state index contributed by atoms with van der Waals surface area (Å²) in [5.74, 6) is -2.27. The molecule has 0 aliphatic rings. The van der Waals surface area contributed by atoms with Crippen molar-refractivity contribution in [1.82, 2.24) is 10.6 Å². The number of hydrogen-bond donors (Lipinski definition) is 3. The van der Waals surface area contributed by atoms with E-state index in [4.69, 9.17) is 5.11 Å². The summed E-state index contributed by atoms with van der Waals surface area (Å²) in [5.41, 5.74) is 0.382. The predicted molar refractivity (Wildman–Crippen MR) is 91.4 cm³/mol. The molecule has 2 rings (SSSR count). The first-order chi connectivity index (χ1) is 11.5. The molecule has 3 N–H and O–H groups in total. The zero-order valence-corrected chi connectivity index (χ0v) is 13.7. The number of carboxylic acids is 1. The summed E-state index contributed by atoms with van der Waals surface area (Å²) >= 11 is 1.39. The van der Waals surface area contributed by atoms with Crippen LogP contribution in [0.25, 0.3) is 6.08 Å². The fourth-order valence-corrected chi connectivity index (χ4v) is 2.45. The van der Waals surface area contributed by atoms with Crippen LogP contribution in [-0.4, -0.2) is 28.9 Å². The lowest BCUT2D eigenvalue weighted by molar-refractivity contribution is -0.140. The minimum atomic E-state index is -1.16. The van der Waals surface area contributed by atoms with Gasteiger partial charge >= 0.3 is 5.97 Å². The number of nitrogens with one attached hydrogen (secondary N) is 2. The highest BCUT2D eigenvalue weighted by atomic mass is 32.1. The van der Waals surface area contributed by atoms with Crippen LogP contribution in [-0.2, 0) is 9.59 Å². The number of carbonyl (C=O) groups is 3.